The van der Waals surface area contributed by atoms with Gasteiger partial charge >= 0.3 is 5.69 Å². The summed E-state index contributed by atoms with van der Waals surface area (Å²) in [6.07, 6.45) is 1.28. The molecule has 0 radical (unpaired) electrons. The lowest BCUT2D eigenvalue weighted by molar-refractivity contribution is 0.374. The minimum Gasteiger partial charge on any atom is -0.327 e. The summed E-state index contributed by atoms with van der Waals surface area (Å²) in [5, 5.41) is 0. The zero-order valence-corrected chi connectivity index (χ0v) is 16.4. The van der Waals surface area contributed by atoms with Crippen molar-refractivity contribution in [3.8, 4) is 0 Å². The highest BCUT2D eigenvalue weighted by atomic mass is 32.2. The average molecular weight is 403 g/mol. The maximum Gasteiger partial charge on any atom is 0.325 e. The maximum atomic E-state index is 13.3. The molecule has 0 aliphatic carbocycles. The van der Waals surface area contributed by atoms with Gasteiger partial charge in [-0.25, -0.2) is 18.2 Å². The van der Waals surface area contributed by atoms with Crippen molar-refractivity contribution in [1.29, 1.82) is 0 Å². The van der Waals surface area contributed by atoms with Gasteiger partial charge in [0.1, 0.15) is 5.82 Å². The van der Waals surface area contributed by atoms with Crippen molar-refractivity contribution >= 4 is 21.1 Å². The van der Waals surface area contributed by atoms with Gasteiger partial charge in [0.2, 0.25) is 0 Å². The zero-order chi connectivity index (χ0) is 20.1. The quantitative estimate of drug-likeness (QED) is 0.679. The number of rotatable bonds is 4. The van der Waals surface area contributed by atoms with E-state index >= 15 is 0 Å². The third-order valence-corrected chi connectivity index (χ3v) is 7.21. The number of benzene rings is 1. The molecule has 0 saturated carbocycles. The molecule has 0 spiro atoms. The van der Waals surface area contributed by atoms with E-state index in [4.69, 9.17) is 4.98 Å². The fourth-order valence-electron chi connectivity index (χ4n) is 3.98. The van der Waals surface area contributed by atoms with Crippen molar-refractivity contribution in [1.82, 2.24) is 23.8 Å². The van der Waals surface area contributed by atoms with E-state index in [1.807, 2.05) is 40.7 Å². The summed E-state index contributed by atoms with van der Waals surface area (Å²) in [5.41, 5.74) is 0.149. The van der Waals surface area contributed by atoms with Crippen LogP contribution >= 0.6 is 0 Å². The average Bonchev–Trinajstić information content (AvgIpc) is 3.25. The lowest BCUT2D eigenvalue weighted by Gasteiger charge is -2.24. The summed E-state index contributed by atoms with van der Waals surface area (Å²) in [6, 6.07) is 7.20. The molecule has 9 nitrogen and oxygen atoms in total. The summed E-state index contributed by atoms with van der Waals surface area (Å²) in [5.74, 6) is 0.670. The Balaban J connectivity index is 1.86. The van der Waals surface area contributed by atoms with Crippen LogP contribution in [0.2, 0.25) is 0 Å². The fourth-order valence-corrected chi connectivity index (χ4v) is 5.85. The first-order chi connectivity index (χ1) is 13.3. The molecule has 4 rings (SSSR count). The molecule has 1 aliphatic heterocycles. The van der Waals surface area contributed by atoms with Crippen LogP contribution in [0.3, 0.4) is 0 Å². The smallest absolute Gasteiger partial charge is 0.325 e. The predicted molar refractivity (Wildman–Crippen MR) is 104 cm³/mol. The molecule has 28 heavy (non-hydrogen) atoms. The van der Waals surface area contributed by atoms with E-state index in [9.17, 15) is 18.0 Å². The van der Waals surface area contributed by atoms with E-state index < -0.39 is 32.2 Å². The third-order valence-electron chi connectivity index (χ3n) is 5.14. The minimum atomic E-state index is -4.11. The van der Waals surface area contributed by atoms with Crippen molar-refractivity contribution in [2.75, 3.05) is 6.54 Å². The Morgan fingerprint density at radius 3 is 2.68 bits per heavy atom. The molecule has 0 amide bonds. The van der Waals surface area contributed by atoms with Crippen LogP contribution in [0, 0.1) is 6.92 Å². The van der Waals surface area contributed by atoms with Crippen molar-refractivity contribution in [3.05, 3.63) is 56.6 Å². The van der Waals surface area contributed by atoms with Gasteiger partial charge < -0.3 is 9.55 Å². The van der Waals surface area contributed by atoms with Gasteiger partial charge in [0.25, 0.3) is 15.6 Å². The van der Waals surface area contributed by atoms with E-state index in [0.717, 1.165) is 11.0 Å². The molecule has 3 aromatic rings. The molecule has 1 fully saturated rings. The molecule has 2 N–H and O–H groups in total. The van der Waals surface area contributed by atoms with Crippen LogP contribution in [0.15, 0.2) is 38.8 Å². The predicted octanol–water partition coefficient (Wildman–Crippen LogP) is 1.27. The van der Waals surface area contributed by atoms with Gasteiger partial charge in [-0.2, -0.15) is 4.31 Å². The number of imidazole rings is 1. The Bertz CT molecular complexity index is 1270. The van der Waals surface area contributed by atoms with E-state index in [2.05, 4.69) is 4.98 Å². The topological polar surface area (TPSA) is 121 Å². The van der Waals surface area contributed by atoms with E-state index in [0.29, 0.717) is 25.2 Å². The van der Waals surface area contributed by atoms with Crippen molar-refractivity contribution in [2.45, 2.75) is 44.2 Å². The first-order valence-electron chi connectivity index (χ1n) is 9.14. The summed E-state index contributed by atoms with van der Waals surface area (Å²) in [4.78, 5) is 32.4. The maximum absolute atomic E-state index is 13.3. The first-order valence-corrected chi connectivity index (χ1v) is 10.6. The van der Waals surface area contributed by atoms with Crippen LogP contribution in [-0.2, 0) is 16.6 Å². The number of H-pyrrole nitrogens is 2. The second kappa shape index (κ2) is 6.71. The van der Waals surface area contributed by atoms with Crippen molar-refractivity contribution < 1.29 is 8.42 Å². The first kappa shape index (κ1) is 18.6. The van der Waals surface area contributed by atoms with Crippen LogP contribution in [0.5, 0.6) is 0 Å². The largest absolute Gasteiger partial charge is 0.327 e. The summed E-state index contributed by atoms with van der Waals surface area (Å²) >= 11 is 0. The number of nitrogens with zero attached hydrogens (tertiary/aromatic N) is 3. The molecule has 10 heteroatoms. The van der Waals surface area contributed by atoms with Gasteiger partial charge in [-0.15, -0.1) is 0 Å². The highest BCUT2D eigenvalue weighted by molar-refractivity contribution is 7.89. The van der Waals surface area contributed by atoms with Crippen molar-refractivity contribution in [2.24, 2.45) is 0 Å². The van der Waals surface area contributed by atoms with E-state index in [1.54, 1.807) is 0 Å². The summed E-state index contributed by atoms with van der Waals surface area (Å²) in [6.45, 7) is 4.34. The number of para-hydroxylation sites is 2. The molecule has 1 aliphatic rings. The van der Waals surface area contributed by atoms with Gasteiger partial charge in [0.15, 0.2) is 4.90 Å². The second-order valence-corrected chi connectivity index (χ2v) is 8.67. The molecular weight excluding hydrogens is 382 g/mol. The minimum absolute atomic E-state index is 0.0309. The standard InChI is InChI=1S/C18H21N5O4S/c1-3-22-13-8-5-4-7-12(13)20-16(22)14-9-6-10-23(14)28(26,27)15-11(2)19-18(25)21-17(15)24/h4-5,7-8,14H,3,6,9-10H2,1-2H3,(H2,19,21,24,25). The third kappa shape index (κ3) is 2.80. The van der Waals surface area contributed by atoms with Gasteiger partial charge in [0, 0.05) is 18.8 Å². The van der Waals surface area contributed by atoms with Crippen molar-refractivity contribution in [3.63, 3.8) is 0 Å². The Morgan fingerprint density at radius 2 is 1.96 bits per heavy atom. The van der Waals surface area contributed by atoms with Gasteiger partial charge in [-0.1, -0.05) is 12.1 Å². The Morgan fingerprint density at radius 1 is 1.21 bits per heavy atom. The normalized spacial score (nSPS) is 18.1. The fraction of sp³-hybridized carbons (Fsp3) is 0.389. The Labute approximate surface area is 161 Å². The number of hydrogen-bond acceptors (Lipinski definition) is 5. The number of hydrogen-bond donors (Lipinski definition) is 2. The van der Waals surface area contributed by atoms with E-state index in [-0.39, 0.29) is 12.2 Å². The van der Waals surface area contributed by atoms with E-state index in [1.165, 1.54) is 11.2 Å². The lowest BCUT2D eigenvalue weighted by Crippen LogP contribution is -2.38. The number of sulfonamides is 1. The van der Waals surface area contributed by atoms with Gasteiger partial charge in [-0.05, 0) is 38.8 Å². The molecule has 148 valence electrons. The lowest BCUT2D eigenvalue weighted by atomic mass is 10.2. The highest BCUT2D eigenvalue weighted by Crippen LogP contribution is 2.37. The van der Waals surface area contributed by atoms with Crippen LogP contribution in [0.4, 0.5) is 0 Å². The summed E-state index contributed by atoms with van der Waals surface area (Å²) in [7, 11) is -4.11. The van der Waals surface area contributed by atoms with Crippen LogP contribution in [-0.4, -0.2) is 38.8 Å². The van der Waals surface area contributed by atoms with Crippen LogP contribution < -0.4 is 11.2 Å². The highest BCUT2D eigenvalue weighted by Gasteiger charge is 2.40. The molecule has 3 heterocycles. The number of aryl methyl sites for hydroxylation is 2. The SMILES string of the molecule is CCn1c(C2CCCN2S(=O)(=O)c2c(C)[nH]c(=O)[nH]c2=O)nc2ccccc21. The molecule has 1 atom stereocenters. The molecule has 2 aromatic heterocycles. The monoisotopic (exact) mass is 403 g/mol. The van der Waals surface area contributed by atoms with Gasteiger partial charge in [-0.3, -0.25) is 9.78 Å². The molecule has 1 saturated heterocycles. The zero-order valence-electron chi connectivity index (χ0n) is 15.6. The number of aromatic amines is 2. The molecule has 1 unspecified atom stereocenters. The number of nitrogens with one attached hydrogen (secondary N) is 2. The number of aromatic nitrogens is 4. The number of fused-ring (bicyclic) bond motifs is 1. The second-order valence-electron chi connectivity index (χ2n) is 6.84. The Hall–Kier alpha value is -2.72. The summed E-state index contributed by atoms with van der Waals surface area (Å²) < 4.78 is 30.0. The van der Waals surface area contributed by atoms with Crippen LogP contribution in [0.1, 0.15) is 37.3 Å². The van der Waals surface area contributed by atoms with Crippen LogP contribution in [0.25, 0.3) is 11.0 Å². The molecular formula is C18H21N5O4S. The van der Waals surface area contributed by atoms with Gasteiger partial charge in [0.05, 0.1) is 17.1 Å². The molecule has 0 bridgehead atoms. The molecule has 1 aromatic carbocycles. The Kier molecular flexibility index (Phi) is 4.47.